The standard InChI is InChI=1S/C16H27N3S/c1-16(2,3)12-6-8-19(9-7-12)15-18-14(11-4-5-11)13(10-17)20-15/h11-12H,4-10,17H2,1-3H3. The van der Waals surface area contributed by atoms with Crippen LogP contribution in [0.25, 0.3) is 0 Å². The molecule has 1 aliphatic carbocycles. The zero-order valence-corrected chi connectivity index (χ0v) is 13.8. The number of aromatic nitrogens is 1. The van der Waals surface area contributed by atoms with Crippen molar-refractivity contribution in [3.05, 3.63) is 10.6 Å². The molecule has 0 unspecified atom stereocenters. The largest absolute Gasteiger partial charge is 0.348 e. The number of nitrogens with two attached hydrogens (primary N) is 1. The monoisotopic (exact) mass is 293 g/mol. The average Bonchev–Trinajstić information content (AvgIpc) is 3.17. The summed E-state index contributed by atoms with van der Waals surface area (Å²) < 4.78 is 0. The summed E-state index contributed by atoms with van der Waals surface area (Å²) in [5.41, 5.74) is 7.64. The zero-order valence-electron chi connectivity index (χ0n) is 13.0. The van der Waals surface area contributed by atoms with Crippen LogP contribution in [0.15, 0.2) is 0 Å². The third-order valence-electron chi connectivity index (χ3n) is 4.86. The first-order valence-electron chi connectivity index (χ1n) is 7.93. The van der Waals surface area contributed by atoms with E-state index in [4.69, 9.17) is 10.7 Å². The second kappa shape index (κ2) is 5.30. The number of piperidine rings is 1. The first kappa shape index (κ1) is 14.3. The molecule has 3 rings (SSSR count). The molecule has 0 bridgehead atoms. The molecule has 1 aromatic rings. The normalized spacial score (nSPS) is 21.5. The minimum absolute atomic E-state index is 0.441. The Bertz CT molecular complexity index is 463. The van der Waals surface area contributed by atoms with Gasteiger partial charge >= 0.3 is 0 Å². The first-order chi connectivity index (χ1) is 9.49. The Labute approximate surface area is 126 Å². The van der Waals surface area contributed by atoms with Crippen LogP contribution >= 0.6 is 11.3 Å². The molecule has 20 heavy (non-hydrogen) atoms. The summed E-state index contributed by atoms with van der Waals surface area (Å²) in [5, 5.41) is 1.22. The lowest BCUT2D eigenvalue weighted by Gasteiger charge is -2.38. The van der Waals surface area contributed by atoms with E-state index in [1.54, 1.807) is 0 Å². The van der Waals surface area contributed by atoms with E-state index in [0.29, 0.717) is 17.9 Å². The number of hydrogen-bond acceptors (Lipinski definition) is 4. The second-order valence-electron chi connectivity index (χ2n) is 7.41. The molecule has 1 saturated heterocycles. The van der Waals surface area contributed by atoms with Crippen LogP contribution in [0.1, 0.15) is 62.9 Å². The molecule has 4 heteroatoms. The molecule has 2 aliphatic rings. The van der Waals surface area contributed by atoms with Crippen molar-refractivity contribution < 1.29 is 0 Å². The summed E-state index contributed by atoms with van der Waals surface area (Å²) in [7, 11) is 0. The number of rotatable bonds is 3. The van der Waals surface area contributed by atoms with Crippen molar-refractivity contribution in [1.29, 1.82) is 0 Å². The fraction of sp³-hybridized carbons (Fsp3) is 0.812. The van der Waals surface area contributed by atoms with Gasteiger partial charge < -0.3 is 10.6 Å². The van der Waals surface area contributed by atoms with Crippen LogP contribution in [0, 0.1) is 11.3 Å². The number of anilines is 1. The van der Waals surface area contributed by atoms with Crippen LogP contribution in [0.2, 0.25) is 0 Å². The maximum atomic E-state index is 5.89. The second-order valence-corrected chi connectivity index (χ2v) is 8.47. The highest BCUT2D eigenvalue weighted by Crippen LogP contribution is 2.44. The summed E-state index contributed by atoms with van der Waals surface area (Å²) >= 11 is 1.83. The Hall–Kier alpha value is -0.610. The highest BCUT2D eigenvalue weighted by atomic mass is 32.1. The lowest BCUT2D eigenvalue weighted by atomic mass is 9.75. The molecule has 0 aromatic carbocycles. The minimum Gasteiger partial charge on any atom is -0.348 e. The molecular weight excluding hydrogens is 266 g/mol. The smallest absolute Gasteiger partial charge is 0.185 e. The van der Waals surface area contributed by atoms with Gasteiger partial charge in [0.1, 0.15) is 0 Å². The summed E-state index contributed by atoms with van der Waals surface area (Å²) in [6, 6.07) is 0. The summed E-state index contributed by atoms with van der Waals surface area (Å²) in [5.74, 6) is 1.56. The minimum atomic E-state index is 0.441. The molecule has 1 saturated carbocycles. The molecule has 0 atom stereocenters. The quantitative estimate of drug-likeness (QED) is 0.923. The van der Waals surface area contributed by atoms with Crippen LogP contribution < -0.4 is 10.6 Å². The zero-order chi connectivity index (χ0) is 14.3. The van der Waals surface area contributed by atoms with Gasteiger partial charge in [-0.25, -0.2) is 4.98 Å². The Morgan fingerprint density at radius 2 is 1.85 bits per heavy atom. The number of hydrogen-bond donors (Lipinski definition) is 1. The predicted octanol–water partition coefficient (Wildman–Crippen LogP) is 3.74. The van der Waals surface area contributed by atoms with Crippen LogP contribution in [0.5, 0.6) is 0 Å². The molecule has 1 aromatic heterocycles. The maximum absolute atomic E-state index is 5.89. The summed E-state index contributed by atoms with van der Waals surface area (Å²) in [4.78, 5) is 8.72. The van der Waals surface area contributed by atoms with Crippen molar-refractivity contribution in [3.8, 4) is 0 Å². The Balaban J connectivity index is 1.69. The van der Waals surface area contributed by atoms with Gasteiger partial charge in [0, 0.05) is 30.4 Å². The number of thiazole rings is 1. The molecule has 3 nitrogen and oxygen atoms in total. The van der Waals surface area contributed by atoms with Crippen LogP contribution in [0.4, 0.5) is 5.13 Å². The van der Waals surface area contributed by atoms with E-state index in [2.05, 4.69) is 25.7 Å². The van der Waals surface area contributed by atoms with E-state index in [1.165, 1.54) is 41.4 Å². The van der Waals surface area contributed by atoms with Gasteiger partial charge in [-0.05, 0) is 37.0 Å². The summed E-state index contributed by atoms with van der Waals surface area (Å²) in [6.45, 7) is 10.1. The molecule has 2 heterocycles. The van der Waals surface area contributed by atoms with Crippen molar-refractivity contribution >= 4 is 16.5 Å². The highest BCUT2D eigenvalue weighted by molar-refractivity contribution is 7.15. The Morgan fingerprint density at radius 3 is 2.35 bits per heavy atom. The van der Waals surface area contributed by atoms with Crippen LogP contribution in [-0.4, -0.2) is 18.1 Å². The van der Waals surface area contributed by atoms with Crippen LogP contribution in [0.3, 0.4) is 0 Å². The van der Waals surface area contributed by atoms with E-state index in [1.807, 2.05) is 11.3 Å². The lowest BCUT2D eigenvalue weighted by molar-refractivity contribution is 0.199. The lowest BCUT2D eigenvalue weighted by Crippen LogP contribution is -2.37. The molecule has 0 radical (unpaired) electrons. The molecule has 2 N–H and O–H groups in total. The fourth-order valence-corrected chi connectivity index (χ4v) is 4.32. The Morgan fingerprint density at radius 1 is 1.20 bits per heavy atom. The number of nitrogens with zero attached hydrogens (tertiary/aromatic N) is 2. The van der Waals surface area contributed by atoms with Crippen molar-refractivity contribution in [2.75, 3.05) is 18.0 Å². The van der Waals surface area contributed by atoms with E-state index in [0.717, 1.165) is 19.0 Å². The predicted molar refractivity (Wildman–Crippen MR) is 86.4 cm³/mol. The molecule has 0 amide bonds. The van der Waals surface area contributed by atoms with Gasteiger partial charge in [0.05, 0.1) is 5.69 Å². The van der Waals surface area contributed by atoms with Crippen molar-refractivity contribution in [2.45, 2.75) is 58.9 Å². The Kier molecular flexibility index (Phi) is 3.80. The van der Waals surface area contributed by atoms with Gasteiger partial charge in [0.25, 0.3) is 0 Å². The van der Waals surface area contributed by atoms with E-state index >= 15 is 0 Å². The molecule has 0 spiro atoms. The van der Waals surface area contributed by atoms with E-state index in [-0.39, 0.29) is 0 Å². The molecule has 112 valence electrons. The summed E-state index contributed by atoms with van der Waals surface area (Å²) in [6.07, 6.45) is 5.20. The highest BCUT2D eigenvalue weighted by Gasteiger charge is 2.32. The molecule has 2 fully saturated rings. The SMILES string of the molecule is CC(C)(C)C1CCN(c2nc(C3CC3)c(CN)s2)CC1. The van der Waals surface area contributed by atoms with E-state index in [9.17, 15) is 0 Å². The first-order valence-corrected chi connectivity index (χ1v) is 8.75. The van der Waals surface area contributed by atoms with Gasteiger partial charge in [-0.15, -0.1) is 11.3 Å². The van der Waals surface area contributed by atoms with Crippen molar-refractivity contribution in [2.24, 2.45) is 17.1 Å². The topological polar surface area (TPSA) is 42.2 Å². The fourth-order valence-electron chi connectivity index (χ4n) is 3.24. The third-order valence-corrected chi connectivity index (χ3v) is 6.01. The van der Waals surface area contributed by atoms with Crippen molar-refractivity contribution in [3.63, 3.8) is 0 Å². The van der Waals surface area contributed by atoms with Crippen molar-refractivity contribution in [1.82, 2.24) is 4.98 Å². The average molecular weight is 293 g/mol. The van der Waals surface area contributed by atoms with E-state index < -0.39 is 0 Å². The molecule has 1 aliphatic heterocycles. The molecular formula is C16H27N3S. The maximum Gasteiger partial charge on any atom is 0.185 e. The van der Waals surface area contributed by atoms with Crippen LogP contribution in [-0.2, 0) is 6.54 Å². The van der Waals surface area contributed by atoms with Gasteiger partial charge in [-0.2, -0.15) is 0 Å². The van der Waals surface area contributed by atoms with Gasteiger partial charge in [-0.1, -0.05) is 20.8 Å². The van der Waals surface area contributed by atoms with Gasteiger partial charge in [-0.3, -0.25) is 0 Å². The third kappa shape index (κ3) is 2.86. The van der Waals surface area contributed by atoms with Gasteiger partial charge in [0.15, 0.2) is 5.13 Å². The van der Waals surface area contributed by atoms with Gasteiger partial charge in [0.2, 0.25) is 0 Å².